The number of pyridine rings is 1. The van der Waals surface area contributed by atoms with Crippen LogP contribution in [-0.2, 0) is 12.8 Å². The molecule has 1 aliphatic carbocycles. The Morgan fingerprint density at radius 2 is 1.92 bits per heavy atom. The highest BCUT2D eigenvalue weighted by molar-refractivity contribution is 6.32. The fourth-order valence-corrected chi connectivity index (χ4v) is 5.74. The standard InChI is InChI=1S/C30H30ClFN2O2/c31-27-8-2-1-6-25(27)26-7-3-5-22-16-23(30(35)36)10-11-24(22)29(26)28-12-9-20(17-33-28)15-21-18-34(19-21)14-4-13-32/h1-2,6,8-12,16-17,21H,3-5,7,13-15,18-19H2,(H,35,36). The molecule has 2 aromatic carbocycles. The first-order valence-electron chi connectivity index (χ1n) is 12.6. The number of allylic oxidation sites excluding steroid dienone is 1. The fourth-order valence-electron chi connectivity index (χ4n) is 5.49. The number of hydrogen-bond acceptors (Lipinski definition) is 3. The number of fused-ring (bicyclic) bond motifs is 1. The van der Waals surface area contributed by atoms with Crippen molar-refractivity contribution in [2.75, 3.05) is 26.3 Å². The van der Waals surface area contributed by atoms with E-state index in [1.165, 1.54) is 5.56 Å². The molecule has 2 aliphatic rings. The van der Waals surface area contributed by atoms with Crippen molar-refractivity contribution in [2.24, 2.45) is 5.92 Å². The smallest absolute Gasteiger partial charge is 0.335 e. The largest absolute Gasteiger partial charge is 0.478 e. The molecular weight excluding hydrogens is 475 g/mol. The molecule has 3 aromatic rings. The molecule has 4 nitrogen and oxygen atoms in total. The maximum atomic E-state index is 12.4. The number of likely N-dealkylation sites (tertiary alicyclic amines) is 1. The number of hydrogen-bond donors (Lipinski definition) is 1. The van der Waals surface area contributed by atoms with Crippen LogP contribution in [-0.4, -0.2) is 47.3 Å². The molecule has 0 bridgehead atoms. The van der Waals surface area contributed by atoms with Gasteiger partial charge in [-0.05, 0) is 90.1 Å². The number of carboxylic acid groups (broad SMARTS) is 1. The van der Waals surface area contributed by atoms with Gasteiger partial charge in [-0.3, -0.25) is 9.37 Å². The minimum atomic E-state index is -0.916. The Morgan fingerprint density at radius 3 is 2.64 bits per heavy atom. The van der Waals surface area contributed by atoms with Crippen LogP contribution in [0.5, 0.6) is 0 Å². The number of halogens is 2. The molecule has 0 unspecified atom stereocenters. The minimum Gasteiger partial charge on any atom is -0.478 e. The van der Waals surface area contributed by atoms with E-state index in [1.807, 2.05) is 36.5 Å². The van der Waals surface area contributed by atoms with Gasteiger partial charge < -0.3 is 10.0 Å². The lowest BCUT2D eigenvalue weighted by molar-refractivity contribution is 0.0696. The van der Waals surface area contributed by atoms with E-state index in [2.05, 4.69) is 17.0 Å². The zero-order valence-electron chi connectivity index (χ0n) is 20.2. The molecule has 0 amide bonds. The van der Waals surface area contributed by atoms with Crippen LogP contribution in [0.3, 0.4) is 0 Å². The molecule has 1 aromatic heterocycles. The van der Waals surface area contributed by atoms with Crippen molar-refractivity contribution in [1.29, 1.82) is 0 Å². The van der Waals surface area contributed by atoms with Crippen molar-refractivity contribution in [3.63, 3.8) is 0 Å². The summed E-state index contributed by atoms with van der Waals surface area (Å²) < 4.78 is 12.4. The lowest BCUT2D eigenvalue weighted by Crippen LogP contribution is -2.47. The zero-order valence-corrected chi connectivity index (χ0v) is 21.0. The number of benzene rings is 2. The second kappa shape index (κ2) is 10.9. The van der Waals surface area contributed by atoms with Gasteiger partial charge in [-0.2, -0.15) is 0 Å². The predicted octanol–water partition coefficient (Wildman–Crippen LogP) is 6.56. The normalized spacial score (nSPS) is 16.4. The van der Waals surface area contributed by atoms with E-state index in [4.69, 9.17) is 16.6 Å². The Morgan fingerprint density at radius 1 is 1.08 bits per heavy atom. The van der Waals surface area contributed by atoms with Gasteiger partial charge in [0, 0.05) is 36.4 Å². The molecule has 1 saturated heterocycles. The van der Waals surface area contributed by atoms with E-state index in [0.29, 0.717) is 22.9 Å². The molecule has 0 saturated carbocycles. The lowest BCUT2D eigenvalue weighted by atomic mass is 9.88. The lowest BCUT2D eigenvalue weighted by Gasteiger charge is -2.39. The van der Waals surface area contributed by atoms with E-state index >= 15 is 0 Å². The highest BCUT2D eigenvalue weighted by atomic mass is 35.5. The third-order valence-corrected chi connectivity index (χ3v) is 7.57. The Labute approximate surface area is 216 Å². The topological polar surface area (TPSA) is 53.4 Å². The van der Waals surface area contributed by atoms with Crippen LogP contribution in [0.1, 0.15) is 57.6 Å². The fraction of sp³-hybridized carbons (Fsp3) is 0.333. The molecule has 36 heavy (non-hydrogen) atoms. The van der Waals surface area contributed by atoms with Crippen LogP contribution in [0, 0.1) is 5.92 Å². The number of alkyl halides is 1. The van der Waals surface area contributed by atoms with E-state index in [1.54, 1.807) is 12.1 Å². The van der Waals surface area contributed by atoms with Crippen LogP contribution in [0.25, 0.3) is 11.1 Å². The van der Waals surface area contributed by atoms with E-state index in [-0.39, 0.29) is 6.67 Å². The van der Waals surface area contributed by atoms with Gasteiger partial charge in [-0.15, -0.1) is 0 Å². The summed E-state index contributed by atoms with van der Waals surface area (Å²) in [4.78, 5) is 18.8. The number of aromatic carboxylic acids is 1. The van der Waals surface area contributed by atoms with E-state index in [0.717, 1.165) is 78.8 Å². The maximum Gasteiger partial charge on any atom is 0.335 e. The van der Waals surface area contributed by atoms with Crippen LogP contribution in [0.15, 0.2) is 60.8 Å². The summed E-state index contributed by atoms with van der Waals surface area (Å²) in [6, 6.07) is 17.5. The Balaban J connectivity index is 1.49. The molecule has 2 heterocycles. The maximum absolute atomic E-state index is 12.4. The number of carboxylic acids is 1. The first kappa shape index (κ1) is 24.7. The van der Waals surface area contributed by atoms with Gasteiger partial charge in [0.2, 0.25) is 0 Å². The quantitative estimate of drug-likeness (QED) is 0.377. The molecule has 186 valence electrons. The molecule has 0 atom stereocenters. The van der Waals surface area contributed by atoms with Crippen LogP contribution >= 0.6 is 11.6 Å². The molecule has 0 spiro atoms. The summed E-state index contributed by atoms with van der Waals surface area (Å²) in [6.45, 7) is 2.62. The molecule has 1 N–H and O–H groups in total. The number of rotatable bonds is 8. The van der Waals surface area contributed by atoms with E-state index in [9.17, 15) is 14.3 Å². The second-order valence-electron chi connectivity index (χ2n) is 9.79. The predicted molar refractivity (Wildman–Crippen MR) is 142 cm³/mol. The molecule has 1 aliphatic heterocycles. The summed E-state index contributed by atoms with van der Waals surface area (Å²) in [5.41, 5.74) is 7.60. The average molecular weight is 505 g/mol. The van der Waals surface area contributed by atoms with Gasteiger partial charge in [-0.25, -0.2) is 4.79 Å². The van der Waals surface area contributed by atoms with Gasteiger partial charge in [0.05, 0.1) is 17.9 Å². The van der Waals surface area contributed by atoms with Crippen molar-refractivity contribution in [3.05, 3.63) is 99.3 Å². The van der Waals surface area contributed by atoms with Gasteiger partial charge in [-0.1, -0.05) is 41.9 Å². The number of aromatic nitrogens is 1. The molecule has 5 rings (SSSR count). The Bertz CT molecular complexity index is 1280. The zero-order chi connectivity index (χ0) is 25.1. The van der Waals surface area contributed by atoms with Gasteiger partial charge in [0.15, 0.2) is 0 Å². The SMILES string of the molecule is O=C(O)c1ccc2c(c1)CCCC(c1ccccc1Cl)=C2c1ccc(CC2CN(CCCF)C2)cn1. The summed E-state index contributed by atoms with van der Waals surface area (Å²) in [7, 11) is 0. The first-order valence-corrected chi connectivity index (χ1v) is 13.0. The molecule has 0 radical (unpaired) electrons. The van der Waals surface area contributed by atoms with Gasteiger partial charge >= 0.3 is 5.97 Å². The third-order valence-electron chi connectivity index (χ3n) is 7.24. The summed E-state index contributed by atoms with van der Waals surface area (Å²) >= 11 is 6.65. The van der Waals surface area contributed by atoms with Gasteiger partial charge in [0.1, 0.15) is 0 Å². The molecule has 6 heteroatoms. The average Bonchev–Trinajstić information content (AvgIpc) is 3.05. The third kappa shape index (κ3) is 5.23. The van der Waals surface area contributed by atoms with Crippen molar-refractivity contribution < 1.29 is 14.3 Å². The van der Waals surface area contributed by atoms with Crippen LogP contribution in [0.4, 0.5) is 4.39 Å². The highest BCUT2D eigenvalue weighted by Gasteiger charge is 2.27. The summed E-state index contributed by atoms with van der Waals surface area (Å²) in [5, 5.41) is 10.2. The van der Waals surface area contributed by atoms with Crippen LogP contribution < -0.4 is 0 Å². The number of aryl methyl sites for hydroxylation is 1. The highest BCUT2D eigenvalue weighted by Crippen LogP contribution is 2.41. The minimum absolute atomic E-state index is 0.251. The summed E-state index contributed by atoms with van der Waals surface area (Å²) in [6.07, 6.45) is 6.07. The van der Waals surface area contributed by atoms with Crippen molar-refractivity contribution in [3.8, 4) is 0 Å². The second-order valence-corrected chi connectivity index (χ2v) is 10.2. The van der Waals surface area contributed by atoms with Crippen molar-refractivity contribution in [2.45, 2.75) is 32.1 Å². The first-order chi connectivity index (χ1) is 17.5. The van der Waals surface area contributed by atoms with Crippen molar-refractivity contribution >= 4 is 28.7 Å². The van der Waals surface area contributed by atoms with E-state index < -0.39 is 5.97 Å². The van der Waals surface area contributed by atoms with Gasteiger partial charge in [0.25, 0.3) is 0 Å². The Hall–Kier alpha value is -3.02. The van der Waals surface area contributed by atoms with Crippen molar-refractivity contribution in [1.82, 2.24) is 9.88 Å². The Kier molecular flexibility index (Phi) is 7.49. The number of carbonyl (C=O) groups is 1. The monoisotopic (exact) mass is 504 g/mol. The van der Waals surface area contributed by atoms with Crippen LogP contribution in [0.2, 0.25) is 5.02 Å². The molecular formula is C30H30ClFN2O2. The summed E-state index contributed by atoms with van der Waals surface area (Å²) in [5.74, 6) is -0.330. The molecule has 1 fully saturated rings. The number of nitrogens with zero attached hydrogens (tertiary/aromatic N) is 2.